The van der Waals surface area contributed by atoms with Crippen molar-refractivity contribution in [2.45, 2.75) is 0 Å². The lowest BCUT2D eigenvalue weighted by Crippen LogP contribution is -2.40. The van der Waals surface area contributed by atoms with Gasteiger partial charge in [0.15, 0.2) is 0 Å². The number of aliphatic carboxylic acids is 1. The van der Waals surface area contributed by atoms with Gasteiger partial charge in [-0.1, -0.05) is 4.49 Å². The van der Waals surface area contributed by atoms with E-state index in [0.717, 1.165) is 11.5 Å². The molecule has 10 heteroatoms. The van der Waals surface area contributed by atoms with Crippen LogP contribution in [-0.2, 0) is 9.59 Å². The Hall–Kier alpha value is -2.23. The summed E-state index contributed by atoms with van der Waals surface area (Å²) in [5.74, 6) is -1.75. The van der Waals surface area contributed by atoms with E-state index < -0.39 is 24.5 Å². The SMILES string of the molecule is O=C(O)CNC(=O)CNC(=O)Nc1cnns1. The highest BCUT2D eigenvalue weighted by molar-refractivity contribution is 7.10. The van der Waals surface area contributed by atoms with Crippen LogP contribution in [0.15, 0.2) is 6.20 Å². The maximum absolute atomic E-state index is 11.2. The number of rotatable bonds is 5. The molecule has 0 radical (unpaired) electrons. The monoisotopic (exact) mass is 259 g/mol. The summed E-state index contributed by atoms with van der Waals surface area (Å²) in [6, 6.07) is -0.596. The number of amides is 3. The minimum atomic E-state index is -1.15. The van der Waals surface area contributed by atoms with Crippen molar-refractivity contribution in [1.82, 2.24) is 20.2 Å². The van der Waals surface area contributed by atoms with Crippen LogP contribution in [0.25, 0.3) is 0 Å². The van der Waals surface area contributed by atoms with Crippen LogP contribution in [0.5, 0.6) is 0 Å². The van der Waals surface area contributed by atoms with Gasteiger partial charge in [-0.3, -0.25) is 14.9 Å². The van der Waals surface area contributed by atoms with Crippen LogP contribution >= 0.6 is 11.5 Å². The molecule has 0 spiro atoms. The smallest absolute Gasteiger partial charge is 0.322 e. The fraction of sp³-hybridized carbons (Fsp3) is 0.286. The molecule has 4 N–H and O–H groups in total. The Balaban J connectivity index is 2.19. The molecule has 0 aliphatic heterocycles. The van der Waals surface area contributed by atoms with Crippen molar-refractivity contribution in [3.8, 4) is 0 Å². The number of urea groups is 1. The molecule has 17 heavy (non-hydrogen) atoms. The Labute approximate surface area is 99.4 Å². The average Bonchev–Trinajstić information content (AvgIpc) is 2.76. The zero-order valence-electron chi connectivity index (χ0n) is 8.47. The van der Waals surface area contributed by atoms with Gasteiger partial charge in [-0.2, -0.15) is 0 Å². The van der Waals surface area contributed by atoms with Gasteiger partial charge < -0.3 is 15.7 Å². The summed E-state index contributed by atoms with van der Waals surface area (Å²) in [7, 11) is 0. The number of nitrogens with zero attached hydrogens (tertiary/aromatic N) is 2. The van der Waals surface area contributed by atoms with Crippen molar-refractivity contribution in [3.05, 3.63) is 6.20 Å². The third kappa shape index (κ3) is 5.41. The molecule has 1 heterocycles. The van der Waals surface area contributed by atoms with Gasteiger partial charge in [0, 0.05) is 11.5 Å². The van der Waals surface area contributed by atoms with Crippen LogP contribution in [0, 0.1) is 0 Å². The van der Waals surface area contributed by atoms with Crippen molar-refractivity contribution in [1.29, 1.82) is 0 Å². The standard InChI is InChI=1S/C7H9N5O4S/c13-4(8-3-6(14)15)1-9-7(16)11-5-2-10-12-17-5/h2H,1,3H2,(H,8,13)(H,14,15)(H2,9,11,16). The van der Waals surface area contributed by atoms with Crippen LogP contribution in [0.2, 0.25) is 0 Å². The first-order valence-corrected chi connectivity index (χ1v) is 5.16. The molecule has 92 valence electrons. The third-order valence-corrected chi connectivity index (χ3v) is 2.02. The van der Waals surface area contributed by atoms with E-state index in [0.29, 0.717) is 5.00 Å². The van der Waals surface area contributed by atoms with Gasteiger partial charge >= 0.3 is 12.0 Å². The Bertz CT molecular complexity index is 406. The molecule has 0 unspecified atom stereocenters. The lowest BCUT2D eigenvalue weighted by atomic mass is 10.5. The molecule has 0 bridgehead atoms. The molecule has 0 atom stereocenters. The Morgan fingerprint density at radius 2 is 2.06 bits per heavy atom. The molecule has 1 rings (SSSR count). The molecule has 0 fully saturated rings. The van der Waals surface area contributed by atoms with E-state index in [4.69, 9.17) is 5.11 Å². The molecule has 0 aromatic carbocycles. The number of carbonyl (C=O) groups is 3. The van der Waals surface area contributed by atoms with Gasteiger partial charge in [-0.25, -0.2) is 4.79 Å². The van der Waals surface area contributed by atoms with E-state index in [-0.39, 0.29) is 6.54 Å². The van der Waals surface area contributed by atoms with Crippen molar-refractivity contribution >= 4 is 34.4 Å². The lowest BCUT2D eigenvalue weighted by molar-refractivity contribution is -0.137. The van der Waals surface area contributed by atoms with Gasteiger partial charge in [0.1, 0.15) is 11.5 Å². The fourth-order valence-electron chi connectivity index (χ4n) is 0.776. The van der Waals surface area contributed by atoms with Gasteiger partial charge in [0.25, 0.3) is 0 Å². The summed E-state index contributed by atoms with van der Waals surface area (Å²) in [5, 5.41) is 18.9. The van der Waals surface area contributed by atoms with E-state index in [1.165, 1.54) is 6.20 Å². The quantitative estimate of drug-likeness (QED) is 0.528. The van der Waals surface area contributed by atoms with Crippen LogP contribution < -0.4 is 16.0 Å². The molecular weight excluding hydrogens is 250 g/mol. The molecule has 9 nitrogen and oxygen atoms in total. The number of carbonyl (C=O) groups excluding carboxylic acids is 2. The van der Waals surface area contributed by atoms with E-state index in [2.05, 4.69) is 25.5 Å². The fourth-order valence-corrected chi connectivity index (χ4v) is 1.19. The summed E-state index contributed by atoms with van der Waals surface area (Å²) >= 11 is 0.988. The summed E-state index contributed by atoms with van der Waals surface area (Å²) < 4.78 is 3.52. The lowest BCUT2D eigenvalue weighted by Gasteiger charge is -2.05. The first kappa shape index (κ1) is 12.8. The second kappa shape index (κ2) is 6.37. The Morgan fingerprint density at radius 1 is 1.29 bits per heavy atom. The highest BCUT2D eigenvalue weighted by atomic mass is 32.1. The van der Waals surface area contributed by atoms with Gasteiger partial charge in [-0.15, -0.1) is 5.10 Å². The van der Waals surface area contributed by atoms with Crippen LogP contribution in [0.4, 0.5) is 9.80 Å². The Morgan fingerprint density at radius 3 is 2.65 bits per heavy atom. The van der Waals surface area contributed by atoms with E-state index in [1.54, 1.807) is 0 Å². The number of nitrogens with one attached hydrogen (secondary N) is 3. The van der Waals surface area contributed by atoms with Gasteiger partial charge in [-0.05, 0) is 0 Å². The molecule has 3 amide bonds. The molecule has 0 aliphatic carbocycles. The van der Waals surface area contributed by atoms with E-state index in [1.807, 2.05) is 0 Å². The number of hydrogen-bond donors (Lipinski definition) is 4. The zero-order chi connectivity index (χ0) is 12.7. The van der Waals surface area contributed by atoms with Crippen molar-refractivity contribution < 1.29 is 19.5 Å². The molecule has 0 saturated heterocycles. The predicted molar refractivity (Wildman–Crippen MR) is 57.6 cm³/mol. The second-order valence-corrected chi connectivity index (χ2v) is 3.55. The first-order valence-electron chi connectivity index (χ1n) is 4.38. The summed E-state index contributed by atoms with van der Waals surface area (Å²) in [6.07, 6.45) is 1.36. The van der Waals surface area contributed by atoms with E-state index >= 15 is 0 Å². The average molecular weight is 259 g/mol. The predicted octanol–water partition coefficient (Wildman–Crippen LogP) is -1.14. The van der Waals surface area contributed by atoms with Crippen LogP contribution in [-0.4, -0.2) is 45.7 Å². The largest absolute Gasteiger partial charge is 0.480 e. The zero-order valence-corrected chi connectivity index (χ0v) is 9.28. The number of hydrogen-bond acceptors (Lipinski definition) is 6. The summed E-state index contributed by atoms with van der Waals surface area (Å²) in [5.41, 5.74) is 0. The topological polar surface area (TPSA) is 133 Å². The molecular formula is C7H9N5O4S. The molecule has 0 saturated carbocycles. The summed E-state index contributed by atoms with van der Waals surface area (Å²) in [6.45, 7) is -0.799. The first-order chi connectivity index (χ1) is 8.08. The number of carboxylic acids is 1. The maximum atomic E-state index is 11.2. The maximum Gasteiger partial charge on any atom is 0.322 e. The van der Waals surface area contributed by atoms with Gasteiger partial charge in [0.2, 0.25) is 5.91 Å². The highest BCUT2D eigenvalue weighted by Crippen LogP contribution is 2.07. The third-order valence-electron chi connectivity index (χ3n) is 1.44. The van der Waals surface area contributed by atoms with Gasteiger partial charge in [0.05, 0.1) is 12.7 Å². The normalized spacial score (nSPS) is 9.41. The minimum absolute atomic E-state index is 0.314. The minimum Gasteiger partial charge on any atom is -0.480 e. The van der Waals surface area contributed by atoms with E-state index in [9.17, 15) is 14.4 Å². The molecule has 1 aromatic heterocycles. The van der Waals surface area contributed by atoms with Crippen LogP contribution in [0.3, 0.4) is 0 Å². The van der Waals surface area contributed by atoms with Crippen LogP contribution in [0.1, 0.15) is 0 Å². The summed E-state index contributed by atoms with van der Waals surface area (Å²) in [4.78, 5) is 32.3. The second-order valence-electron chi connectivity index (χ2n) is 2.76. The number of anilines is 1. The van der Waals surface area contributed by atoms with Crippen molar-refractivity contribution in [2.75, 3.05) is 18.4 Å². The number of carboxylic acid groups (broad SMARTS) is 1. The molecule has 1 aromatic rings. The highest BCUT2D eigenvalue weighted by Gasteiger charge is 2.07. The van der Waals surface area contributed by atoms with Crippen molar-refractivity contribution in [2.24, 2.45) is 0 Å². The molecule has 0 aliphatic rings. The Kier molecular flexibility index (Phi) is 4.81. The number of aromatic nitrogens is 2. The van der Waals surface area contributed by atoms with Crippen molar-refractivity contribution in [3.63, 3.8) is 0 Å².